The van der Waals surface area contributed by atoms with Crippen LogP contribution in [0.1, 0.15) is 89.2 Å². The maximum absolute atomic E-state index is 14.6. The number of allylic oxidation sites excluding steroid dienone is 1. The van der Waals surface area contributed by atoms with E-state index in [1.54, 1.807) is 53.5 Å². The zero-order chi connectivity index (χ0) is 45.1. The number of rotatable bonds is 21. The maximum atomic E-state index is 14.6. The van der Waals surface area contributed by atoms with Gasteiger partial charge in [-0.2, -0.15) is 0 Å². The van der Waals surface area contributed by atoms with Crippen molar-refractivity contribution in [2.24, 2.45) is 22.9 Å². The van der Waals surface area contributed by atoms with Gasteiger partial charge in [0.2, 0.25) is 5.79 Å². The number of amides is 1. The van der Waals surface area contributed by atoms with Crippen LogP contribution < -0.4 is 9.47 Å². The van der Waals surface area contributed by atoms with Crippen molar-refractivity contribution >= 4 is 17.5 Å². The predicted octanol–water partition coefficient (Wildman–Crippen LogP) is 10.2. The van der Waals surface area contributed by atoms with Crippen molar-refractivity contribution in [1.82, 2.24) is 4.90 Å². The molecule has 0 spiro atoms. The maximum Gasteiger partial charge on any atom is 0.410 e. The van der Waals surface area contributed by atoms with Crippen molar-refractivity contribution in [3.8, 4) is 17.2 Å². The third-order valence-corrected chi connectivity index (χ3v) is 11.8. The lowest BCUT2D eigenvalue weighted by molar-refractivity contribution is -0.384. The molecule has 6 atom stereocenters. The molecule has 1 amide bonds. The van der Waals surface area contributed by atoms with E-state index in [2.05, 4.69) is 19.2 Å². The van der Waals surface area contributed by atoms with Crippen LogP contribution in [0.15, 0.2) is 109 Å². The third-order valence-electron chi connectivity index (χ3n) is 11.8. The Morgan fingerprint density at radius 2 is 1.75 bits per heavy atom. The normalized spacial score (nSPS) is 23.0. The number of unbranched alkanes of at least 4 members (excludes halogenated alkanes) is 2. The Balaban J connectivity index is 1.62. The van der Waals surface area contributed by atoms with Crippen LogP contribution in [0.5, 0.6) is 17.2 Å². The molecule has 63 heavy (non-hydrogen) atoms. The molecule has 13 nitrogen and oxygen atoms in total. The average Bonchev–Trinajstić information content (AvgIpc) is 3.26. The number of halogens is 1. The van der Waals surface area contributed by atoms with Crippen LogP contribution in [0.4, 0.5) is 14.9 Å². The fourth-order valence-electron chi connectivity index (χ4n) is 9.10. The smallest absolute Gasteiger partial charge is 0.410 e. The summed E-state index contributed by atoms with van der Waals surface area (Å²) < 4.78 is 40.8. The molecule has 3 aromatic rings. The molecule has 14 heteroatoms. The van der Waals surface area contributed by atoms with Gasteiger partial charge < -0.3 is 34.0 Å². The van der Waals surface area contributed by atoms with Gasteiger partial charge in [-0.1, -0.05) is 54.4 Å². The number of hydrogen-bond acceptors (Lipinski definition) is 11. The lowest BCUT2D eigenvalue weighted by Gasteiger charge is -2.60. The van der Waals surface area contributed by atoms with Crippen LogP contribution in [-0.4, -0.2) is 75.7 Å². The van der Waals surface area contributed by atoms with E-state index >= 15 is 0 Å². The van der Waals surface area contributed by atoms with E-state index < -0.39 is 40.2 Å². The lowest BCUT2D eigenvalue weighted by atomic mass is 9.55. The molecule has 338 valence electrons. The number of hydrogen-bond donors (Lipinski definition) is 2. The van der Waals surface area contributed by atoms with Crippen LogP contribution in [-0.2, 0) is 20.9 Å². The SMILES string of the molecule is C=CCCOC(=O)N(Cc1ccc(F)cc1)[C@H]1CC(=NOC(C)(C)C)C2=C[C@H](CCCCO)[C@@H](CCCCO)[C@@H]3c4cc(Oc5cccc([N+](=O)[O-])c5)ccc4O[C@@]1(OCC=C)[C@H]23. The van der Waals surface area contributed by atoms with E-state index in [-0.39, 0.29) is 68.6 Å². The first-order chi connectivity index (χ1) is 30.3. The molecule has 2 aliphatic carbocycles. The Bertz CT molecular complexity index is 2140. The van der Waals surface area contributed by atoms with Gasteiger partial charge in [-0.15, -0.1) is 13.2 Å². The Kier molecular flexibility index (Phi) is 15.8. The molecule has 3 aromatic carbocycles. The molecule has 1 aliphatic heterocycles. The summed E-state index contributed by atoms with van der Waals surface area (Å²) >= 11 is 0. The highest BCUT2D eigenvalue weighted by Gasteiger charge is 2.65. The molecule has 0 aromatic heterocycles. The van der Waals surface area contributed by atoms with Crippen molar-refractivity contribution in [3.63, 3.8) is 0 Å². The number of aliphatic hydroxyl groups excluding tert-OH is 2. The zero-order valence-corrected chi connectivity index (χ0v) is 36.5. The molecule has 2 N–H and O–H groups in total. The summed E-state index contributed by atoms with van der Waals surface area (Å²) in [5.41, 5.74) is 2.11. The molecular weight excluding hydrogens is 810 g/mol. The van der Waals surface area contributed by atoms with Crippen molar-refractivity contribution in [1.29, 1.82) is 0 Å². The number of nitro groups is 1. The molecule has 0 radical (unpaired) electrons. The summed E-state index contributed by atoms with van der Waals surface area (Å²) in [6, 6.07) is 16.5. The number of ether oxygens (including phenoxy) is 4. The number of nitrogens with zero attached hydrogens (tertiary/aromatic N) is 3. The highest BCUT2D eigenvalue weighted by molar-refractivity contribution is 6.03. The number of carbonyl (C=O) groups excluding carboxylic acids is 1. The zero-order valence-electron chi connectivity index (χ0n) is 36.5. The first-order valence-electron chi connectivity index (χ1n) is 21.8. The van der Waals surface area contributed by atoms with Gasteiger partial charge in [-0.05, 0) is 112 Å². The number of benzene rings is 3. The van der Waals surface area contributed by atoms with E-state index in [1.807, 2.05) is 26.8 Å². The number of carbonyl (C=O) groups is 1. The van der Waals surface area contributed by atoms with E-state index in [0.717, 1.165) is 24.0 Å². The van der Waals surface area contributed by atoms with Gasteiger partial charge in [0.1, 0.15) is 34.7 Å². The largest absolute Gasteiger partial charge is 0.459 e. The summed E-state index contributed by atoms with van der Waals surface area (Å²) in [4.78, 5) is 33.6. The van der Waals surface area contributed by atoms with Crippen molar-refractivity contribution in [2.45, 2.75) is 102 Å². The molecule has 0 unspecified atom stereocenters. The minimum absolute atomic E-state index is 0.0107. The van der Waals surface area contributed by atoms with Crippen molar-refractivity contribution < 1.29 is 48.1 Å². The van der Waals surface area contributed by atoms with Gasteiger partial charge in [0.05, 0.1) is 35.8 Å². The Labute approximate surface area is 369 Å². The standard InChI is InChI=1S/C49H60FN3O10/c1-6-8-27-59-47(56)52(32-33-18-20-35(50)21-19-33)44-31-42(51-63-48(3,4)5)40-28-34(14-9-11-24-54)39(17-10-12-25-55)45-41-30-38(61-37-16-13-15-36(29-37)53(57)58)22-23-43(41)62-49(44,46(40)45)60-26-7-2/h6-7,13,15-16,18-23,28-30,34,39,44-46,54-55H,1-2,8-12,14,17,24-27,31-32H2,3-5H3/t34-,39+,44-,45+,46+,49+/m0/s1. The van der Waals surface area contributed by atoms with Crippen LogP contribution in [0.3, 0.4) is 0 Å². The van der Waals surface area contributed by atoms with Gasteiger partial charge in [0.15, 0.2) is 0 Å². The Morgan fingerprint density at radius 1 is 1.02 bits per heavy atom. The fourth-order valence-corrected chi connectivity index (χ4v) is 9.10. The Hall–Kier alpha value is -5.57. The van der Waals surface area contributed by atoms with E-state index in [9.17, 15) is 29.5 Å². The number of non-ortho nitro benzene ring substituents is 1. The van der Waals surface area contributed by atoms with Gasteiger partial charge in [-0.25, -0.2) is 9.18 Å². The van der Waals surface area contributed by atoms with Crippen LogP contribution in [0, 0.1) is 33.7 Å². The minimum Gasteiger partial charge on any atom is -0.459 e. The van der Waals surface area contributed by atoms with Gasteiger partial charge in [0.25, 0.3) is 5.69 Å². The number of fused-ring (bicyclic) bond motifs is 2. The summed E-state index contributed by atoms with van der Waals surface area (Å²) in [6.45, 7) is 13.7. The highest BCUT2D eigenvalue weighted by atomic mass is 19.1. The van der Waals surface area contributed by atoms with E-state index in [4.69, 9.17) is 28.9 Å². The number of nitro benzene ring substituents is 1. The summed E-state index contributed by atoms with van der Waals surface area (Å²) in [6.07, 6.45) is 9.59. The predicted molar refractivity (Wildman–Crippen MR) is 237 cm³/mol. The van der Waals surface area contributed by atoms with Crippen molar-refractivity contribution in [2.75, 3.05) is 26.4 Å². The highest BCUT2D eigenvalue weighted by Crippen LogP contribution is 2.62. The first-order valence-corrected chi connectivity index (χ1v) is 21.8. The number of aliphatic hydroxyl groups is 2. The molecular formula is C49H60FN3O10. The van der Waals surface area contributed by atoms with Crippen molar-refractivity contribution in [3.05, 3.63) is 131 Å². The van der Waals surface area contributed by atoms with Crippen LogP contribution in [0.25, 0.3) is 0 Å². The summed E-state index contributed by atoms with van der Waals surface area (Å²) in [5, 5.41) is 36.4. The third kappa shape index (κ3) is 11.2. The monoisotopic (exact) mass is 869 g/mol. The summed E-state index contributed by atoms with van der Waals surface area (Å²) in [5.74, 6) is -1.87. The second kappa shape index (κ2) is 21.2. The average molecular weight is 870 g/mol. The minimum atomic E-state index is -1.58. The molecule has 6 rings (SSSR count). The van der Waals surface area contributed by atoms with E-state index in [0.29, 0.717) is 54.9 Å². The van der Waals surface area contributed by atoms with Crippen LogP contribution in [0.2, 0.25) is 0 Å². The molecule has 0 saturated heterocycles. The Morgan fingerprint density at radius 3 is 2.43 bits per heavy atom. The fraction of sp³-hybridized carbons (Fsp3) is 0.469. The molecule has 1 saturated carbocycles. The number of oxime groups is 1. The topological polar surface area (TPSA) is 162 Å². The molecule has 1 fully saturated rings. The quantitative estimate of drug-likeness (QED) is 0.0456. The lowest BCUT2D eigenvalue weighted by Crippen LogP contribution is -2.70. The second-order valence-electron chi connectivity index (χ2n) is 17.3. The van der Waals surface area contributed by atoms with Gasteiger partial charge in [-0.3, -0.25) is 15.0 Å². The van der Waals surface area contributed by atoms with Crippen LogP contribution >= 0.6 is 0 Å². The van der Waals surface area contributed by atoms with Gasteiger partial charge in [0, 0.05) is 43.7 Å². The molecule has 1 heterocycles. The van der Waals surface area contributed by atoms with E-state index in [1.165, 1.54) is 24.3 Å². The first kappa shape index (κ1) is 46.9. The second-order valence-corrected chi connectivity index (χ2v) is 17.3. The van der Waals surface area contributed by atoms with Gasteiger partial charge >= 0.3 is 6.09 Å². The molecule has 0 bridgehead atoms. The molecule has 3 aliphatic rings. The summed E-state index contributed by atoms with van der Waals surface area (Å²) in [7, 11) is 0.